The molecule has 2 aromatic carbocycles. The van der Waals surface area contributed by atoms with Crippen LogP contribution in [0.25, 0.3) is 0 Å². The van der Waals surface area contributed by atoms with E-state index < -0.39 is 0 Å². The highest BCUT2D eigenvalue weighted by atomic mass is 16.5. The maximum absolute atomic E-state index is 12.4. The number of carbonyl (C=O) groups excluding carboxylic acids is 1. The second-order valence-electron chi connectivity index (χ2n) is 7.13. The Morgan fingerprint density at radius 2 is 1.83 bits per heavy atom. The first-order chi connectivity index (χ1) is 14.0. The van der Waals surface area contributed by atoms with Crippen LogP contribution >= 0.6 is 0 Å². The van der Waals surface area contributed by atoms with Crippen molar-refractivity contribution in [1.82, 2.24) is 10.2 Å². The normalized spacial score (nSPS) is 10.7. The molecule has 0 saturated carbocycles. The molecule has 1 aromatic heterocycles. The van der Waals surface area contributed by atoms with Gasteiger partial charge in [0, 0.05) is 5.56 Å². The van der Waals surface area contributed by atoms with E-state index in [0.29, 0.717) is 24.5 Å². The minimum absolute atomic E-state index is 0.0914. The highest BCUT2D eigenvalue weighted by Gasteiger charge is 2.12. The molecule has 0 unspecified atom stereocenters. The molecule has 1 heterocycles. The highest BCUT2D eigenvalue weighted by Crippen LogP contribution is 2.17. The third-order valence-electron chi connectivity index (χ3n) is 4.75. The summed E-state index contributed by atoms with van der Waals surface area (Å²) in [7, 11) is 0. The van der Waals surface area contributed by atoms with Crippen LogP contribution in [0.4, 0.5) is 6.01 Å². The summed E-state index contributed by atoms with van der Waals surface area (Å²) in [4.78, 5) is 12.4. The molecule has 3 rings (SSSR count). The maximum atomic E-state index is 12.4. The first kappa shape index (κ1) is 20.6. The van der Waals surface area contributed by atoms with E-state index in [1.54, 1.807) is 24.3 Å². The fraction of sp³-hybridized carbons (Fsp3) is 0.348. The van der Waals surface area contributed by atoms with Crippen molar-refractivity contribution in [3.63, 3.8) is 0 Å². The fourth-order valence-corrected chi connectivity index (χ4v) is 2.88. The number of hydrogen-bond donors (Lipinski definition) is 1. The lowest BCUT2D eigenvalue weighted by Crippen LogP contribution is -2.12. The van der Waals surface area contributed by atoms with Crippen LogP contribution in [-0.2, 0) is 6.42 Å². The Morgan fingerprint density at radius 3 is 2.55 bits per heavy atom. The summed E-state index contributed by atoms with van der Waals surface area (Å²) in [5.41, 5.74) is 4.04. The molecule has 1 N–H and O–H groups in total. The summed E-state index contributed by atoms with van der Waals surface area (Å²) in [5.74, 6) is 0.911. The molecule has 0 atom stereocenters. The van der Waals surface area contributed by atoms with E-state index >= 15 is 0 Å². The molecule has 0 aliphatic carbocycles. The average Bonchev–Trinajstić information content (AvgIpc) is 3.15. The van der Waals surface area contributed by atoms with Crippen molar-refractivity contribution in [3.05, 3.63) is 70.6 Å². The van der Waals surface area contributed by atoms with Crippen LogP contribution in [0.15, 0.2) is 46.9 Å². The molecule has 152 valence electrons. The van der Waals surface area contributed by atoms with E-state index in [1.165, 1.54) is 11.1 Å². The Morgan fingerprint density at radius 1 is 1.03 bits per heavy atom. The third-order valence-corrected chi connectivity index (χ3v) is 4.75. The zero-order valence-electron chi connectivity index (χ0n) is 17.2. The molecule has 29 heavy (non-hydrogen) atoms. The van der Waals surface area contributed by atoms with Gasteiger partial charge >= 0.3 is 6.01 Å². The minimum atomic E-state index is -0.302. The molecular weight excluding hydrogens is 366 g/mol. The van der Waals surface area contributed by atoms with Crippen molar-refractivity contribution in [3.8, 4) is 5.75 Å². The van der Waals surface area contributed by atoms with Crippen LogP contribution in [-0.4, -0.2) is 22.7 Å². The Balaban J connectivity index is 1.54. The number of benzene rings is 2. The van der Waals surface area contributed by atoms with E-state index in [1.807, 2.05) is 6.07 Å². The Bertz CT molecular complexity index is 948. The SMILES string of the molecule is CCCCCOc1ccc(C(=O)Nc2nnc(Cc3ccc(C)c(C)c3)o2)cc1. The van der Waals surface area contributed by atoms with E-state index in [0.717, 1.165) is 30.6 Å². The second-order valence-corrected chi connectivity index (χ2v) is 7.13. The summed E-state index contributed by atoms with van der Waals surface area (Å²) in [6, 6.07) is 13.3. The van der Waals surface area contributed by atoms with Crippen molar-refractivity contribution in [2.45, 2.75) is 46.5 Å². The molecule has 0 spiro atoms. The molecule has 0 aliphatic rings. The van der Waals surface area contributed by atoms with E-state index in [2.05, 4.69) is 48.4 Å². The lowest BCUT2D eigenvalue weighted by Gasteiger charge is -2.06. The van der Waals surface area contributed by atoms with Crippen molar-refractivity contribution < 1.29 is 13.9 Å². The van der Waals surface area contributed by atoms with Crippen LogP contribution in [0.3, 0.4) is 0 Å². The number of aromatic nitrogens is 2. The monoisotopic (exact) mass is 393 g/mol. The standard InChI is InChI=1S/C23H27N3O3/c1-4-5-6-13-28-20-11-9-19(10-12-20)22(27)24-23-26-25-21(29-23)15-18-8-7-16(2)17(3)14-18/h7-12,14H,4-6,13,15H2,1-3H3,(H,24,26,27). The van der Waals surface area contributed by atoms with Gasteiger partial charge in [0.1, 0.15) is 5.75 Å². The zero-order chi connectivity index (χ0) is 20.6. The molecule has 0 bridgehead atoms. The smallest absolute Gasteiger partial charge is 0.322 e. The molecule has 3 aromatic rings. The predicted octanol–water partition coefficient (Wildman–Crippen LogP) is 5.10. The summed E-state index contributed by atoms with van der Waals surface area (Å²) in [6.45, 7) is 6.98. The van der Waals surface area contributed by atoms with Crippen molar-refractivity contribution >= 4 is 11.9 Å². The van der Waals surface area contributed by atoms with Crippen LogP contribution in [0.2, 0.25) is 0 Å². The van der Waals surface area contributed by atoms with Gasteiger partial charge in [0.05, 0.1) is 13.0 Å². The van der Waals surface area contributed by atoms with Gasteiger partial charge in [0.15, 0.2) is 0 Å². The van der Waals surface area contributed by atoms with Gasteiger partial charge in [-0.2, -0.15) is 0 Å². The van der Waals surface area contributed by atoms with E-state index in [-0.39, 0.29) is 11.9 Å². The quantitative estimate of drug-likeness (QED) is 0.512. The molecule has 0 fully saturated rings. The number of unbranched alkanes of at least 4 members (excludes halogenated alkanes) is 2. The zero-order valence-corrected chi connectivity index (χ0v) is 17.2. The van der Waals surface area contributed by atoms with Gasteiger partial charge in [-0.25, -0.2) is 0 Å². The van der Waals surface area contributed by atoms with Crippen LogP contribution in [0.5, 0.6) is 5.75 Å². The van der Waals surface area contributed by atoms with E-state index in [9.17, 15) is 4.79 Å². The van der Waals surface area contributed by atoms with Crippen LogP contribution in [0, 0.1) is 13.8 Å². The van der Waals surface area contributed by atoms with Crippen molar-refractivity contribution in [2.24, 2.45) is 0 Å². The number of anilines is 1. The molecule has 6 heteroatoms. The van der Waals surface area contributed by atoms with Gasteiger partial charge in [-0.1, -0.05) is 43.1 Å². The summed E-state index contributed by atoms with van der Waals surface area (Å²) >= 11 is 0. The van der Waals surface area contributed by atoms with Gasteiger partial charge in [-0.15, -0.1) is 5.10 Å². The molecule has 0 aliphatic heterocycles. The Kier molecular flexibility index (Phi) is 7.00. The minimum Gasteiger partial charge on any atom is -0.494 e. The van der Waals surface area contributed by atoms with Crippen LogP contribution < -0.4 is 10.1 Å². The summed E-state index contributed by atoms with van der Waals surface area (Å²) < 4.78 is 11.2. The Hall–Kier alpha value is -3.15. The number of nitrogens with zero attached hydrogens (tertiary/aromatic N) is 2. The first-order valence-electron chi connectivity index (χ1n) is 9.98. The number of nitrogens with one attached hydrogen (secondary N) is 1. The Labute approximate surface area is 171 Å². The van der Waals surface area contributed by atoms with Crippen molar-refractivity contribution in [2.75, 3.05) is 11.9 Å². The molecule has 0 radical (unpaired) electrons. The van der Waals surface area contributed by atoms with Gasteiger partial charge in [-0.05, 0) is 61.2 Å². The molecule has 0 saturated heterocycles. The number of hydrogen-bond acceptors (Lipinski definition) is 5. The summed E-state index contributed by atoms with van der Waals surface area (Å²) in [5, 5.41) is 10.6. The lowest BCUT2D eigenvalue weighted by molar-refractivity contribution is 0.102. The van der Waals surface area contributed by atoms with Gasteiger partial charge in [0.25, 0.3) is 5.91 Å². The maximum Gasteiger partial charge on any atom is 0.322 e. The van der Waals surface area contributed by atoms with E-state index in [4.69, 9.17) is 9.15 Å². The second kappa shape index (κ2) is 9.87. The molecule has 1 amide bonds. The predicted molar refractivity (Wildman–Crippen MR) is 112 cm³/mol. The highest BCUT2D eigenvalue weighted by molar-refractivity contribution is 6.03. The third kappa shape index (κ3) is 5.91. The van der Waals surface area contributed by atoms with Gasteiger partial charge in [0.2, 0.25) is 5.89 Å². The number of amides is 1. The average molecular weight is 393 g/mol. The fourth-order valence-electron chi connectivity index (χ4n) is 2.88. The lowest BCUT2D eigenvalue weighted by atomic mass is 10.0. The largest absolute Gasteiger partial charge is 0.494 e. The van der Waals surface area contributed by atoms with Gasteiger partial charge in [-0.3, -0.25) is 10.1 Å². The molecular formula is C23H27N3O3. The number of ether oxygens (including phenoxy) is 1. The number of aryl methyl sites for hydroxylation is 2. The molecule has 6 nitrogen and oxygen atoms in total. The summed E-state index contributed by atoms with van der Waals surface area (Å²) in [6.07, 6.45) is 3.86. The number of carbonyl (C=O) groups is 1. The number of rotatable bonds is 9. The topological polar surface area (TPSA) is 77.2 Å². The van der Waals surface area contributed by atoms with Crippen molar-refractivity contribution in [1.29, 1.82) is 0 Å². The van der Waals surface area contributed by atoms with Gasteiger partial charge < -0.3 is 9.15 Å². The van der Waals surface area contributed by atoms with Crippen LogP contribution in [0.1, 0.15) is 59.1 Å². The first-order valence-corrected chi connectivity index (χ1v) is 9.98.